The fourth-order valence-corrected chi connectivity index (χ4v) is 3.92. The number of hydrogen-bond donors (Lipinski definition) is 2. The van der Waals surface area contributed by atoms with E-state index < -0.39 is 0 Å². The molecule has 6 nitrogen and oxygen atoms in total. The zero-order chi connectivity index (χ0) is 19.3. The van der Waals surface area contributed by atoms with Crippen LogP contribution in [0.25, 0.3) is 0 Å². The lowest BCUT2D eigenvalue weighted by molar-refractivity contribution is 0.0468. The third-order valence-corrected chi connectivity index (χ3v) is 5.62. The number of nitrogens with zero attached hydrogens (tertiary/aromatic N) is 3. The van der Waals surface area contributed by atoms with Gasteiger partial charge in [-0.1, -0.05) is 32.6 Å². The molecule has 1 unspecified atom stereocenters. The van der Waals surface area contributed by atoms with Crippen molar-refractivity contribution in [3.8, 4) is 0 Å². The molecule has 2 fully saturated rings. The van der Waals surface area contributed by atoms with Gasteiger partial charge in [0.15, 0.2) is 5.96 Å². The molecule has 0 amide bonds. The first-order valence-corrected chi connectivity index (χ1v) is 11.2. The maximum absolute atomic E-state index is 6.07. The number of likely N-dealkylation sites (N-methyl/N-ethyl adjacent to an activating group) is 1. The molecule has 27 heavy (non-hydrogen) atoms. The van der Waals surface area contributed by atoms with Crippen molar-refractivity contribution < 1.29 is 4.74 Å². The van der Waals surface area contributed by atoms with Crippen molar-refractivity contribution >= 4 is 5.96 Å². The molecule has 1 saturated heterocycles. The lowest BCUT2D eigenvalue weighted by atomic mass is 10.1. The molecule has 0 radical (unpaired) electrons. The van der Waals surface area contributed by atoms with Crippen LogP contribution in [0.2, 0.25) is 0 Å². The van der Waals surface area contributed by atoms with Crippen LogP contribution < -0.4 is 10.6 Å². The van der Waals surface area contributed by atoms with Crippen molar-refractivity contribution in [3.05, 3.63) is 0 Å². The molecule has 2 rings (SSSR count). The van der Waals surface area contributed by atoms with E-state index in [0.717, 1.165) is 38.7 Å². The molecule has 0 aromatic carbocycles. The Hall–Kier alpha value is -0.850. The summed E-state index contributed by atoms with van der Waals surface area (Å²) >= 11 is 0. The van der Waals surface area contributed by atoms with Gasteiger partial charge >= 0.3 is 0 Å². The molecule has 0 bridgehead atoms. The number of hydrogen-bond acceptors (Lipinski definition) is 4. The van der Waals surface area contributed by atoms with Gasteiger partial charge in [-0.3, -0.25) is 4.99 Å². The van der Waals surface area contributed by atoms with E-state index in [1.807, 2.05) is 0 Å². The number of piperazine rings is 1. The predicted molar refractivity (Wildman–Crippen MR) is 115 cm³/mol. The summed E-state index contributed by atoms with van der Waals surface area (Å²) in [5.74, 6) is 1.50. The molecular formula is C21H43N5O. The summed E-state index contributed by atoms with van der Waals surface area (Å²) in [5.41, 5.74) is 0. The average Bonchev–Trinajstić information content (AvgIpc) is 2.94. The Morgan fingerprint density at radius 3 is 2.44 bits per heavy atom. The van der Waals surface area contributed by atoms with E-state index in [-0.39, 0.29) is 0 Å². The molecule has 0 aromatic rings. The van der Waals surface area contributed by atoms with Crippen molar-refractivity contribution in [1.82, 2.24) is 20.4 Å². The van der Waals surface area contributed by atoms with Crippen LogP contribution in [-0.2, 0) is 4.74 Å². The Labute approximate surface area is 167 Å². The highest BCUT2D eigenvalue weighted by atomic mass is 16.5. The van der Waals surface area contributed by atoms with Crippen LogP contribution in [0.1, 0.15) is 52.4 Å². The molecule has 2 aliphatic rings. The maximum atomic E-state index is 6.07. The summed E-state index contributed by atoms with van der Waals surface area (Å²) in [5, 5.41) is 6.79. The van der Waals surface area contributed by atoms with Crippen molar-refractivity contribution in [2.24, 2.45) is 10.9 Å². The Kier molecular flexibility index (Phi) is 11.1. The van der Waals surface area contributed by atoms with Crippen LogP contribution >= 0.6 is 0 Å². The fraction of sp³-hybridized carbons (Fsp3) is 0.952. The lowest BCUT2D eigenvalue weighted by Gasteiger charge is -2.33. The largest absolute Gasteiger partial charge is 0.376 e. The fourth-order valence-electron chi connectivity index (χ4n) is 3.92. The van der Waals surface area contributed by atoms with E-state index in [1.165, 1.54) is 64.7 Å². The first-order chi connectivity index (χ1) is 13.2. The maximum Gasteiger partial charge on any atom is 0.191 e. The predicted octanol–water partition coefficient (Wildman–Crippen LogP) is 2.16. The minimum Gasteiger partial charge on any atom is -0.376 e. The summed E-state index contributed by atoms with van der Waals surface area (Å²) in [4.78, 5) is 9.77. The summed E-state index contributed by atoms with van der Waals surface area (Å²) < 4.78 is 6.07. The Morgan fingerprint density at radius 1 is 1.07 bits per heavy atom. The molecule has 158 valence electrons. The smallest absolute Gasteiger partial charge is 0.191 e. The van der Waals surface area contributed by atoms with Crippen LogP contribution in [0, 0.1) is 5.92 Å². The normalized spacial score (nSPS) is 22.4. The van der Waals surface area contributed by atoms with E-state index in [0.29, 0.717) is 12.0 Å². The molecule has 1 heterocycles. The quantitative estimate of drug-likeness (QED) is 0.277. The second-order valence-corrected chi connectivity index (χ2v) is 8.34. The third kappa shape index (κ3) is 9.77. The standard InChI is InChI=1S/C21H43N5O/c1-4-22-21(23-11-16-27-20-9-7-5-6-8-10-20)24-17-19(2)18-26-14-12-25(3)13-15-26/h19-20H,4-18H2,1-3H3,(H2,22,23,24). The van der Waals surface area contributed by atoms with Gasteiger partial charge in [0.05, 0.1) is 12.7 Å². The van der Waals surface area contributed by atoms with Gasteiger partial charge in [0.1, 0.15) is 0 Å². The topological polar surface area (TPSA) is 52.1 Å². The summed E-state index contributed by atoms with van der Waals surface area (Å²) in [6.07, 6.45) is 8.34. The van der Waals surface area contributed by atoms with E-state index in [2.05, 4.69) is 41.3 Å². The Morgan fingerprint density at radius 2 is 1.78 bits per heavy atom. The molecule has 2 N–H and O–H groups in total. The van der Waals surface area contributed by atoms with Crippen molar-refractivity contribution in [1.29, 1.82) is 0 Å². The van der Waals surface area contributed by atoms with Crippen molar-refractivity contribution in [2.75, 3.05) is 66.0 Å². The second kappa shape index (κ2) is 13.3. The lowest BCUT2D eigenvalue weighted by Crippen LogP contribution is -2.46. The first kappa shape index (κ1) is 22.4. The zero-order valence-corrected chi connectivity index (χ0v) is 18.0. The molecular weight excluding hydrogens is 338 g/mol. The van der Waals surface area contributed by atoms with Gasteiger partial charge in [-0.15, -0.1) is 0 Å². The first-order valence-electron chi connectivity index (χ1n) is 11.2. The molecule has 1 atom stereocenters. The number of guanidine groups is 1. The SMILES string of the molecule is CCNC(=NCC(C)CN1CCN(C)CC1)NCCOC1CCCCCC1. The average molecular weight is 382 g/mol. The highest BCUT2D eigenvalue weighted by molar-refractivity contribution is 5.79. The van der Waals surface area contributed by atoms with Crippen LogP contribution in [0.15, 0.2) is 4.99 Å². The summed E-state index contributed by atoms with van der Waals surface area (Å²) in [6, 6.07) is 0. The minimum absolute atomic E-state index is 0.470. The zero-order valence-electron chi connectivity index (χ0n) is 18.0. The van der Waals surface area contributed by atoms with Gasteiger partial charge in [-0.25, -0.2) is 0 Å². The highest BCUT2D eigenvalue weighted by Gasteiger charge is 2.16. The Bertz CT molecular complexity index is 401. The van der Waals surface area contributed by atoms with E-state index in [1.54, 1.807) is 0 Å². The summed E-state index contributed by atoms with van der Waals surface area (Å²) in [7, 11) is 2.21. The number of rotatable bonds is 9. The van der Waals surface area contributed by atoms with E-state index in [9.17, 15) is 0 Å². The van der Waals surface area contributed by atoms with Crippen LogP contribution in [0.3, 0.4) is 0 Å². The van der Waals surface area contributed by atoms with Gasteiger partial charge in [-0.05, 0) is 32.7 Å². The van der Waals surface area contributed by atoms with Crippen LogP contribution in [0.4, 0.5) is 0 Å². The highest BCUT2D eigenvalue weighted by Crippen LogP contribution is 2.19. The van der Waals surface area contributed by atoms with Gasteiger partial charge < -0.3 is 25.2 Å². The number of ether oxygens (including phenoxy) is 1. The molecule has 0 aromatic heterocycles. The van der Waals surface area contributed by atoms with E-state index >= 15 is 0 Å². The number of aliphatic imine (C=N–C) groups is 1. The van der Waals surface area contributed by atoms with Crippen LogP contribution in [-0.4, -0.2) is 87.9 Å². The van der Waals surface area contributed by atoms with Gasteiger partial charge in [0, 0.05) is 52.4 Å². The van der Waals surface area contributed by atoms with Gasteiger partial charge in [-0.2, -0.15) is 0 Å². The summed E-state index contributed by atoms with van der Waals surface area (Å²) in [6.45, 7) is 13.6. The molecule has 1 aliphatic heterocycles. The van der Waals surface area contributed by atoms with Crippen molar-refractivity contribution in [3.63, 3.8) is 0 Å². The molecule has 6 heteroatoms. The third-order valence-electron chi connectivity index (χ3n) is 5.62. The second-order valence-electron chi connectivity index (χ2n) is 8.34. The minimum atomic E-state index is 0.470. The number of nitrogens with one attached hydrogen (secondary N) is 2. The molecule has 0 spiro atoms. The van der Waals surface area contributed by atoms with Gasteiger partial charge in [0.25, 0.3) is 0 Å². The monoisotopic (exact) mass is 381 g/mol. The molecule has 1 aliphatic carbocycles. The van der Waals surface area contributed by atoms with Gasteiger partial charge in [0.2, 0.25) is 0 Å². The Balaban J connectivity index is 1.63. The van der Waals surface area contributed by atoms with E-state index in [4.69, 9.17) is 9.73 Å². The molecule has 1 saturated carbocycles. The van der Waals surface area contributed by atoms with Crippen LogP contribution in [0.5, 0.6) is 0 Å². The van der Waals surface area contributed by atoms with Crippen molar-refractivity contribution in [2.45, 2.75) is 58.5 Å².